The molecule has 0 aliphatic heterocycles. The number of nitrogens with one attached hydrogen (secondary N) is 1. The molecule has 0 aliphatic carbocycles. The van der Waals surface area contributed by atoms with Crippen molar-refractivity contribution in [2.24, 2.45) is 0 Å². The smallest absolute Gasteiger partial charge is 0.214 e. The molecule has 1 heterocycles. The van der Waals surface area contributed by atoms with Crippen molar-refractivity contribution in [1.82, 2.24) is 4.72 Å². The predicted molar refractivity (Wildman–Crippen MR) is 56.8 cm³/mol. The second kappa shape index (κ2) is 4.88. The quantitative estimate of drug-likeness (QED) is 0.779. The van der Waals surface area contributed by atoms with Crippen LogP contribution in [0.15, 0.2) is 12.1 Å². The maximum absolute atomic E-state index is 11.1. The highest BCUT2D eigenvalue weighted by atomic mass is 32.2. The minimum atomic E-state index is -3.31. The summed E-state index contributed by atoms with van der Waals surface area (Å²) in [6.45, 7) is 1.93. The molecule has 6 heteroatoms. The van der Waals surface area contributed by atoms with Crippen LogP contribution in [-0.2, 0) is 16.6 Å². The Morgan fingerprint density at radius 2 is 2.21 bits per heavy atom. The van der Waals surface area contributed by atoms with Gasteiger partial charge in [0.05, 0.1) is 12.4 Å². The number of sulfonamides is 1. The number of hydrogen-bond acceptors (Lipinski definition) is 4. The van der Waals surface area contributed by atoms with Crippen molar-refractivity contribution < 1.29 is 13.5 Å². The first kappa shape index (κ1) is 11.6. The summed E-state index contributed by atoms with van der Waals surface area (Å²) in [5.74, 6) is -0.239. The van der Waals surface area contributed by atoms with Gasteiger partial charge >= 0.3 is 0 Å². The summed E-state index contributed by atoms with van der Waals surface area (Å²) in [7, 11) is -3.31. The molecule has 2 N–H and O–H groups in total. The normalized spacial score (nSPS) is 11.9. The Morgan fingerprint density at radius 1 is 1.50 bits per heavy atom. The molecule has 0 aliphatic rings. The number of aliphatic hydroxyl groups is 1. The zero-order valence-corrected chi connectivity index (χ0v) is 9.49. The molecule has 1 rings (SSSR count). The first-order valence-electron chi connectivity index (χ1n) is 4.17. The van der Waals surface area contributed by atoms with Crippen LogP contribution in [0.1, 0.15) is 9.75 Å². The Kier molecular flexibility index (Phi) is 4.06. The molecule has 0 fully saturated rings. The van der Waals surface area contributed by atoms with Crippen molar-refractivity contribution >= 4 is 21.4 Å². The Labute approximate surface area is 87.6 Å². The fourth-order valence-electron chi connectivity index (χ4n) is 0.954. The van der Waals surface area contributed by atoms with Crippen LogP contribution in [-0.4, -0.2) is 25.9 Å². The van der Waals surface area contributed by atoms with Crippen molar-refractivity contribution in [2.45, 2.75) is 13.5 Å². The van der Waals surface area contributed by atoms with Crippen LogP contribution in [0.5, 0.6) is 0 Å². The molecule has 4 nitrogen and oxygen atoms in total. The van der Waals surface area contributed by atoms with Gasteiger partial charge in [-0.15, -0.1) is 11.3 Å². The van der Waals surface area contributed by atoms with Crippen molar-refractivity contribution in [3.8, 4) is 0 Å². The van der Waals surface area contributed by atoms with E-state index < -0.39 is 10.0 Å². The SMILES string of the molecule is Cc1ccc(CNS(=O)(=O)CCO)s1. The highest BCUT2D eigenvalue weighted by Gasteiger charge is 2.08. The summed E-state index contributed by atoms with van der Waals surface area (Å²) in [5.41, 5.74) is 0. The Morgan fingerprint density at radius 3 is 2.71 bits per heavy atom. The first-order valence-corrected chi connectivity index (χ1v) is 6.64. The lowest BCUT2D eigenvalue weighted by molar-refractivity contribution is 0.319. The van der Waals surface area contributed by atoms with Gasteiger partial charge in [-0.2, -0.15) is 0 Å². The zero-order chi connectivity index (χ0) is 10.6. The molecule has 14 heavy (non-hydrogen) atoms. The lowest BCUT2D eigenvalue weighted by Gasteiger charge is -2.02. The molecular formula is C8H13NO3S2. The van der Waals surface area contributed by atoms with Crippen LogP contribution in [0.2, 0.25) is 0 Å². The number of hydrogen-bond donors (Lipinski definition) is 2. The molecule has 0 bridgehead atoms. The van der Waals surface area contributed by atoms with Gasteiger partial charge in [0.25, 0.3) is 0 Å². The third-order valence-electron chi connectivity index (χ3n) is 1.62. The molecule has 0 aromatic carbocycles. The van der Waals surface area contributed by atoms with Gasteiger partial charge in [0.1, 0.15) is 0 Å². The predicted octanol–water partition coefficient (Wildman–Crippen LogP) is 0.468. The minimum absolute atomic E-state index is 0.239. The van der Waals surface area contributed by atoms with Gasteiger partial charge in [0.15, 0.2) is 0 Å². The minimum Gasteiger partial charge on any atom is -0.395 e. The van der Waals surface area contributed by atoms with Gasteiger partial charge in [-0.3, -0.25) is 0 Å². The molecule has 1 aromatic rings. The summed E-state index contributed by atoms with van der Waals surface area (Å²) in [4.78, 5) is 2.13. The summed E-state index contributed by atoms with van der Waals surface area (Å²) < 4.78 is 24.7. The number of rotatable bonds is 5. The van der Waals surface area contributed by atoms with E-state index in [4.69, 9.17) is 5.11 Å². The van der Waals surface area contributed by atoms with Gasteiger partial charge in [0.2, 0.25) is 10.0 Å². The Hall–Kier alpha value is -0.430. The topological polar surface area (TPSA) is 66.4 Å². The van der Waals surface area contributed by atoms with Crippen molar-refractivity contribution in [3.63, 3.8) is 0 Å². The van der Waals surface area contributed by atoms with E-state index in [2.05, 4.69) is 4.72 Å². The van der Waals surface area contributed by atoms with E-state index >= 15 is 0 Å². The molecule has 0 radical (unpaired) electrons. The van der Waals surface area contributed by atoms with Gasteiger partial charge in [0, 0.05) is 16.3 Å². The van der Waals surface area contributed by atoms with Crippen LogP contribution in [0.3, 0.4) is 0 Å². The third kappa shape index (κ3) is 3.75. The van der Waals surface area contributed by atoms with Crippen molar-refractivity contribution in [2.75, 3.05) is 12.4 Å². The second-order valence-electron chi connectivity index (χ2n) is 2.88. The lowest BCUT2D eigenvalue weighted by atomic mass is 10.4. The summed E-state index contributed by atoms with van der Waals surface area (Å²) in [6.07, 6.45) is 0. The fraction of sp³-hybridized carbons (Fsp3) is 0.500. The number of aliphatic hydroxyl groups excluding tert-OH is 1. The van der Waals surface area contributed by atoms with Crippen LogP contribution in [0, 0.1) is 6.92 Å². The molecule has 0 unspecified atom stereocenters. The Balaban J connectivity index is 2.48. The molecule has 0 amide bonds. The van der Waals surface area contributed by atoms with E-state index in [-0.39, 0.29) is 12.4 Å². The lowest BCUT2D eigenvalue weighted by Crippen LogP contribution is -2.26. The van der Waals surface area contributed by atoms with Crippen molar-refractivity contribution in [1.29, 1.82) is 0 Å². The number of thiophene rings is 1. The van der Waals surface area contributed by atoms with E-state index in [9.17, 15) is 8.42 Å². The average Bonchev–Trinajstić information content (AvgIpc) is 2.48. The van der Waals surface area contributed by atoms with Gasteiger partial charge < -0.3 is 5.11 Å². The van der Waals surface area contributed by atoms with E-state index in [0.29, 0.717) is 6.54 Å². The van der Waals surface area contributed by atoms with Crippen LogP contribution >= 0.6 is 11.3 Å². The molecule has 0 saturated carbocycles. The first-order chi connectivity index (χ1) is 6.53. The Bertz CT molecular complexity index is 383. The molecule has 80 valence electrons. The summed E-state index contributed by atoms with van der Waals surface area (Å²) >= 11 is 1.56. The second-order valence-corrected chi connectivity index (χ2v) is 6.17. The molecular weight excluding hydrogens is 222 g/mol. The van der Waals surface area contributed by atoms with E-state index in [1.54, 1.807) is 11.3 Å². The van der Waals surface area contributed by atoms with E-state index in [0.717, 1.165) is 9.75 Å². The molecule has 0 spiro atoms. The van der Waals surface area contributed by atoms with E-state index in [1.165, 1.54) is 0 Å². The third-order valence-corrected chi connectivity index (χ3v) is 3.93. The largest absolute Gasteiger partial charge is 0.395 e. The highest BCUT2D eigenvalue weighted by Crippen LogP contribution is 2.14. The van der Waals surface area contributed by atoms with E-state index in [1.807, 2.05) is 19.1 Å². The maximum Gasteiger partial charge on any atom is 0.214 e. The van der Waals surface area contributed by atoms with Crippen LogP contribution < -0.4 is 4.72 Å². The highest BCUT2D eigenvalue weighted by molar-refractivity contribution is 7.89. The van der Waals surface area contributed by atoms with Crippen molar-refractivity contribution in [3.05, 3.63) is 21.9 Å². The van der Waals surface area contributed by atoms with Crippen LogP contribution in [0.25, 0.3) is 0 Å². The monoisotopic (exact) mass is 235 g/mol. The van der Waals surface area contributed by atoms with Gasteiger partial charge in [-0.25, -0.2) is 13.1 Å². The average molecular weight is 235 g/mol. The molecule has 0 saturated heterocycles. The van der Waals surface area contributed by atoms with Gasteiger partial charge in [-0.1, -0.05) is 0 Å². The zero-order valence-electron chi connectivity index (χ0n) is 7.86. The van der Waals surface area contributed by atoms with Crippen LogP contribution in [0.4, 0.5) is 0 Å². The fourth-order valence-corrected chi connectivity index (χ4v) is 2.64. The summed E-state index contributed by atoms with van der Waals surface area (Å²) in [6, 6.07) is 3.84. The summed E-state index contributed by atoms with van der Waals surface area (Å²) in [5, 5.41) is 8.49. The molecule has 0 atom stereocenters. The van der Waals surface area contributed by atoms with Gasteiger partial charge in [-0.05, 0) is 19.1 Å². The standard InChI is InChI=1S/C8H13NO3S2/c1-7-2-3-8(13-7)6-9-14(11,12)5-4-10/h2-3,9-10H,4-6H2,1H3. The molecule has 1 aromatic heterocycles. The number of aryl methyl sites for hydroxylation is 1. The maximum atomic E-state index is 11.1.